The van der Waals surface area contributed by atoms with Crippen molar-refractivity contribution in [3.05, 3.63) is 29.6 Å². The molecule has 1 aliphatic carbocycles. The molecule has 2 nitrogen and oxygen atoms in total. The second-order valence-electron chi connectivity index (χ2n) is 3.74. The van der Waals surface area contributed by atoms with Crippen molar-refractivity contribution in [2.45, 2.75) is 31.6 Å². The first-order valence-electron chi connectivity index (χ1n) is 5.04. The highest BCUT2D eigenvalue weighted by atomic mass is 14.6. The zero-order valence-electron chi connectivity index (χ0n) is 7.87. The van der Waals surface area contributed by atoms with Crippen molar-refractivity contribution in [2.24, 2.45) is 5.73 Å². The first-order valence-corrected chi connectivity index (χ1v) is 5.04. The Morgan fingerprint density at radius 3 is 3.31 bits per heavy atom. The first kappa shape index (κ1) is 8.70. The van der Waals surface area contributed by atoms with Crippen LogP contribution in [0, 0.1) is 0 Å². The lowest BCUT2D eigenvalue weighted by molar-refractivity contribution is 0.524. The minimum absolute atomic E-state index is 0.669. The minimum Gasteiger partial charge on any atom is -0.330 e. The van der Waals surface area contributed by atoms with Crippen molar-refractivity contribution in [1.82, 2.24) is 4.98 Å². The van der Waals surface area contributed by atoms with Gasteiger partial charge in [-0.25, -0.2) is 0 Å². The topological polar surface area (TPSA) is 38.9 Å². The van der Waals surface area contributed by atoms with Crippen LogP contribution < -0.4 is 5.73 Å². The number of fused-ring (bicyclic) bond motifs is 1. The summed E-state index contributed by atoms with van der Waals surface area (Å²) in [5, 5.41) is 0. The van der Waals surface area contributed by atoms with E-state index in [4.69, 9.17) is 5.73 Å². The van der Waals surface area contributed by atoms with E-state index in [9.17, 15) is 0 Å². The van der Waals surface area contributed by atoms with Gasteiger partial charge in [-0.05, 0) is 55.3 Å². The van der Waals surface area contributed by atoms with Gasteiger partial charge >= 0.3 is 0 Å². The molecule has 0 radical (unpaired) electrons. The van der Waals surface area contributed by atoms with Crippen molar-refractivity contribution in [1.29, 1.82) is 0 Å². The molecular weight excluding hydrogens is 160 g/mol. The van der Waals surface area contributed by atoms with E-state index < -0.39 is 0 Å². The average Bonchev–Trinajstić information content (AvgIpc) is 2.19. The molecule has 1 aliphatic rings. The summed E-state index contributed by atoms with van der Waals surface area (Å²) in [6, 6.07) is 2.15. The fourth-order valence-corrected chi connectivity index (χ4v) is 2.23. The SMILES string of the molecule is NCCC1CCCc2ccncc21. The van der Waals surface area contributed by atoms with Crippen LogP contribution in [0.3, 0.4) is 0 Å². The Morgan fingerprint density at radius 2 is 2.46 bits per heavy atom. The van der Waals surface area contributed by atoms with Crippen LogP contribution in [0.5, 0.6) is 0 Å². The first-order chi connectivity index (χ1) is 6.42. The third-order valence-electron chi connectivity index (χ3n) is 2.90. The number of aryl methyl sites for hydroxylation is 1. The summed E-state index contributed by atoms with van der Waals surface area (Å²) in [5.41, 5.74) is 8.53. The second-order valence-corrected chi connectivity index (χ2v) is 3.74. The van der Waals surface area contributed by atoms with Gasteiger partial charge in [0.15, 0.2) is 0 Å². The number of hydrogen-bond donors (Lipinski definition) is 1. The van der Waals surface area contributed by atoms with Crippen molar-refractivity contribution >= 4 is 0 Å². The molecular formula is C11H16N2. The van der Waals surface area contributed by atoms with Gasteiger partial charge < -0.3 is 5.73 Å². The third kappa shape index (κ3) is 1.73. The van der Waals surface area contributed by atoms with Crippen molar-refractivity contribution in [3.8, 4) is 0 Å². The van der Waals surface area contributed by atoms with E-state index >= 15 is 0 Å². The van der Waals surface area contributed by atoms with Crippen LogP contribution in [0.2, 0.25) is 0 Å². The highest BCUT2D eigenvalue weighted by Gasteiger charge is 2.18. The lowest BCUT2D eigenvalue weighted by atomic mass is 9.82. The van der Waals surface area contributed by atoms with E-state index in [1.54, 1.807) is 0 Å². The number of rotatable bonds is 2. The Hall–Kier alpha value is -0.890. The quantitative estimate of drug-likeness (QED) is 0.747. The standard InChI is InChI=1S/C11H16N2/c12-6-4-9-2-1-3-10-5-7-13-8-11(9)10/h5,7-9H,1-4,6,12H2. The van der Waals surface area contributed by atoms with Crippen LogP contribution in [-0.2, 0) is 6.42 Å². The van der Waals surface area contributed by atoms with E-state index in [-0.39, 0.29) is 0 Å². The molecule has 2 heteroatoms. The molecule has 13 heavy (non-hydrogen) atoms. The van der Waals surface area contributed by atoms with Crippen LogP contribution in [0.1, 0.15) is 36.3 Å². The van der Waals surface area contributed by atoms with E-state index in [2.05, 4.69) is 11.1 Å². The Balaban J connectivity index is 2.26. The van der Waals surface area contributed by atoms with Gasteiger partial charge in [0.05, 0.1) is 0 Å². The zero-order chi connectivity index (χ0) is 9.10. The molecule has 1 aromatic rings. The van der Waals surface area contributed by atoms with E-state index in [0.717, 1.165) is 13.0 Å². The van der Waals surface area contributed by atoms with Gasteiger partial charge in [-0.2, -0.15) is 0 Å². The van der Waals surface area contributed by atoms with Gasteiger partial charge in [-0.15, -0.1) is 0 Å². The van der Waals surface area contributed by atoms with Gasteiger partial charge in [0, 0.05) is 12.4 Å². The molecule has 0 saturated heterocycles. The van der Waals surface area contributed by atoms with E-state index in [1.807, 2.05) is 12.4 Å². The monoisotopic (exact) mass is 176 g/mol. The van der Waals surface area contributed by atoms with Crippen molar-refractivity contribution < 1.29 is 0 Å². The molecule has 0 bridgehead atoms. The summed E-state index contributed by atoms with van der Waals surface area (Å²) in [4.78, 5) is 4.19. The molecule has 2 N–H and O–H groups in total. The highest BCUT2D eigenvalue weighted by Crippen LogP contribution is 2.32. The predicted molar refractivity (Wildman–Crippen MR) is 53.6 cm³/mol. The molecule has 0 spiro atoms. The summed E-state index contributed by atoms with van der Waals surface area (Å²) in [7, 11) is 0. The van der Waals surface area contributed by atoms with Gasteiger partial charge in [0.2, 0.25) is 0 Å². The second kappa shape index (κ2) is 3.88. The number of pyridine rings is 1. The molecule has 0 saturated carbocycles. The number of nitrogens with two attached hydrogens (primary N) is 1. The number of aromatic nitrogens is 1. The van der Waals surface area contributed by atoms with E-state index in [0.29, 0.717) is 5.92 Å². The Morgan fingerprint density at radius 1 is 1.54 bits per heavy atom. The van der Waals surface area contributed by atoms with Crippen LogP contribution in [0.15, 0.2) is 18.5 Å². The maximum absolute atomic E-state index is 5.60. The fraction of sp³-hybridized carbons (Fsp3) is 0.545. The van der Waals surface area contributed by atoms with Gasteiger partial charge in [0.1, 0.15) is 0 Å². The van der Waals surface area contributed by atoms with Crippen molar-refractivity contribution in [2.75, 3.05) is 6.54 Å². The average molecular weight is 176 g/mol. The van der Waals surface area contributed by atoms with Gasteiger partial charge in [0.25, 0.3) is 0 Å². The van der Waals surface area contributed by atoms with Crippen LogP contribution in [0.25, 0.3) is 0 Å². The van der Waals surface area contributed by atoms with Crippen molar-refractivity contribution in [3.63, 3.8) is 0 Å². The van der Waals surface area contributed by atoms with Crippen LogP contribution in [-0.4, -0.2) is 11.5 Å². The van der Waals surface area contributed by atoms with E-state index in [1.165, 1.54) is 30.4 Å². The molecule has 70 valence electrons. The summed E-state index contributed by atoms with van der Waals surface area (Å²) < 4.78 is 0. The lowest BCUT2D eigenvalue weighted by Crippen LogP contribution is -2.14. The molecule has 1 unspecified atom stereocenters. The summed E-state index contributed by atoms with van der Waals surface area (Å²) in [5.74, 6) is 0.669. The molecule has 0 amide bonds. The minimum atomic E-state index is 0.669. The zero-order valence-corrected chi connectivity index (χ0v) is 7.87. The smallest absolute Gasteiger partial charge is 0.0305 e. The lowest BCUT2D eigenvalue weighted by Gasteiger charge is -2.24. The summed E-state index contributed by atoms with van der Waals surface area (Å²) in [6.07, 6.45) is 8.84. The van der Waals surface area contributed by atoms with Crippen LogP contribution >= 0.6 is 0 Å². The third-order valence-corrected chi connectivity index (χ3v) is 2.90. The van der Waals surface area contributed by atoms with Gasteiger partial charge in [-0.1, -0.05) is 0 Å². The molecule has 0 aromatic carbocycles. The summed E-state index contributed by atoms with van der Waals surface area (Å²) >= 11 is 0. The molecule has 1 aromatic heterocycles. The Labute approximate surface area is 79.2 Å². The normalized spacial score (nSPS) is 21.2. The Kier molecular flexibility index (Phi) is 2.60. The molecule has 0 fully saturated rings. The maximum atomic E-state index is 5.60. The van der Waals surface area contributed by atoms with Gasteiger partial charge in [-0.3, -0.25) is 4.98 Å². The molecule has 0 aliphatic heterocycles. The molecule has 2 rings (SSSR count). The predicted octanol–water partition coefficient (Wildman–Crippen LogP) is 1.85. The fourth-order valence-electron chi connectivity index (χ4n) is 2.23. The largest absolute Gasteiger partial charge is 0.330 e. The Bertz CT molecular complexity index is 283. The van der Waals surface area contributed by atoms with Crippen LogP contribution in [0.4, 0.5) is 0 Å². The number of nitrogens with zero attached hydrogens (tertiary/aromatic N) is 1. The highest BCUT2D eigenvalue weighted by molar-refractivity contribution is 5.29. The number of hydrogen-bond acceptors (Lipinski definition) is 2. The molecule has 1 heterocycles. The summed E-state index contributed by atoms with van der Waals surface area (Å²) in [6.45, 7) is 0.791. The molecule has 1 atom stereocenters. The maximum Gasteiger partial charge on any atom is 0.0305 e.